The van der Waals surface area contributed by atoms with E-state index >= 15 is 0 Å². The van der Waals surface area contributed by atoms with Gasteiger partial charge >= 0.3 is 0 Å². The van der Waals surface area contributed by atoms with Crippen molar-refractivity contribution in [2.45, 2.75) is 26.7 Å². The van der Waals surface area contributed by atoms with Gasteiger partial charge in [0.2, 0.25) is 5.91 Å². The van der Waals surface area contributed by atoms with E-state index < -0.39 is 0 Å². The number of hydrogen-bond acceptors (Lipinski definition) is 3. The number of hydrogen-bond donors (Lipinski definition) is 1. The van der Waals surface area contributed by atoms with Gasteiger partial charge in [0.25, 0.3) is 5.91 Å². The van der Waals surface area contributed by atoms with Crippen LogP contribution in [0.4, 0.5) is 0 Å². The van der Waals surface area contributed by atoms with Crippen molar-refractivity contribution in [1.29, 1.82) is 0 Å². The first-order chi connectivity index (χ1) is 11.0. The molecule has 2 unspecified atom stereocenters. The maximum Gasteiger partial charge on any atom is 0.251 e. The third-order valence-corrected chi connectivity index (χ3v) is 4.18. The Labute approximate surface area is 138 Å². The Morgan fingerprint density at radius 2 is 1.96 bits per heavy atom. The largest absolute Gasteiger partial charge is 0.497 e. The number of ether oxygens (including phenoxy) is 1. The molecule has 0 aliphatic carbocycles. The summed E-state index contributed by atoms with van der Waals surface area (Å²) in [6.45, 7) is 6.37. The number of methoxy groups -OCH3 is 1. The molecule has 2 atom stereocenters. The van der Waals surface area contributed by atoms with Crippen molar-refractivity contribution >= 4 is 11.8 Å². The predicted molar refractivity (Wildman–Crippen MR) is 89.5 cm³/mol. The highest BCUT2D eigenvalue weighted by atomic mass is 16.5. The molecule has 1 saturated heterocycles. The Balaban J connectivity index is 1.79. The lowest BCUT2D eigenvalue weighted by molar-refractivity contribution is -0.133. The van der Waals surface area contributed by atoms with Crippen LogP contribution < -0.4 is 10.1 Å². The summed E-state index contributed by atoms with van der Waals surface area (Å²) in [6, 6.07) is 6.98. The first-order valence-corrected chi connectivity index (χ1v) is 8.19. The number of carbonyl (C=O) groups excluding carboxylic acids is 2. The lowest BCUT2D eigenvalue weighted by atomic mass is 9.92. The Morgan fingerprint density at radius 1 is 1.26 bits per heavy atom. The molecule has 0 saturated carbocycles. The van der Waals surface area contributed by atoms with E-state index in [1.54, 1.807) is 31.4 Å². The Hall–Kier alpha value is -2.04. The molecule has 1 aromatic carbocycles. The first-order valence-electron chi connectivity index (χ1n) is 8.19. The molecule has 23 heavy (non-hydrogen) atoms. The van der Waals surface area contributed by atoms with Gasteiger partial charge in [-0.25, -0.2) is 0 Å². The molecular weight excluding hydrogens is 292 g/mol. The fourth-order valence-corrected chi connectivity index (χ4v) is 3.17. The molecule has 0 aromatic heterocycles. The number of amides is 2. The van der Waals surface area contributed by atoms with Crippen molar-refractivity contribution in [3.63, 3.8) is 0 Å². The molecule has 2 amide bonds. The van der Waals surface area contributed by atoms with Crippen LogP contribution in [0.5, 0.6) is 5.75 Å². The van der Waals surface area contributed by atoms with Gasteiger partial charge in [-0.1, -0.05) is 19.9 Å². The third kappa shape index (κ3) is 4.98. The van der Waals surface area contributed by atoms with Gasteiger partial charge in [0.1, 0.15) is 5.75 Å². The zero-order chi connectivity index (χ0) is 16.8. The zero-order valence-electron chi connectivity index (χ0n) is 14.2. The van der Waals surface area contributed by atoms with Crippen molar-refractivity contribution in [1.82, 2.24) is 10.2 Å². The summed E-state index contributed by atoms with van der Waals surface area (Å²) in [4.78, 5) is 26.3. The fourth-order valence-electron chi connectivity index (χ4n) is 3.17. The summed E-state index contributed by atoms with van der Waals surface area (Å²) in [5.41, 5.74) is 0.539. The summed E-state index contributed by atoms with van der Waals surface area (Å²) in [5, 5.41) is 2.80. The van der Waals surface area contributed by atoms with Crippen molar-refractivity contribution in [2.75, 3.05) is 26.7 Å². The Morgan fingerprint density at radius 3 is 2.61 bits per heavy atom. The van der Waals surface area contributed by atoms with Gasteiger partial charge in [0.15, 0.2) is 0 Å². The zero-order valence-corrected chi connectivity index (χ0v) is 14.2. The second kappa shape index (κ2) is 7.99. The van der Waals surface area contributed by atoms with Gasteiger partial charge in [0, 0.05) is 31.6 Å². The highest BCUT2D eigenvalue weighted by Crippen LogP contribution is 2.21. The lowest BCUT2D eigenvalue weighted by Crippen LogP contribution is -2.43. The number of nitrogens with one attached hydrogen (secondary N) is 1. The first kappa shape index (κ1) is 17.3. The molecular formula is C18H26N2O3. The van der Waals surface area contributed by atoms with Crippen LogP contribution in [0, 0.1) is 11.8 Å². The monoisotopic (exact) mass is 318 g/mol. The number of benzene rings is 1. The van der Waals surface area contributed by atoms with Crippen molar-refractivity contribution < 1.29 is 14.3 Å². The van der Waals surface area contributed by atoms with Gasteiger partial charge in [-0.3, -0.25) is 9.59 Å². The molecule has 0 spiro atoms. The molecule has 5 nitrogen and oxygen atoms in total. The second-order valence-corrected chi connectivity index (χ2v) is 6.48. The van der Waals surface area contributed by atoms with Crippen LogP contribution in [0.25, 0.3) is 0 Å². The number of carbonyl (C=O) groups is 2. The summed E-state index contributed by atoms with van der Waals surface area (Å²) >= 11 is 0. The molecule has 1 heterocycles. The predicted octanol–water partition coefficient (Wildman–Crippen LogP) is 2.32. The van der Waals surface area contributed by atoms with Gasteiger partial charge in [-0.15, -0.1) is 0 Å². The van der Waals surface area contributed by atoms with E-state index in [4.69, 9.17) is 4.74 Å². The molecule has 2 rings (SSSR count). The normalized spacial score (nSPS) is 20.9. The highest BCUT2D eigenvalue weighted by molar-refractivity contribution is 5.94. The minimum atomic E-state index is -0.183. The van der Waals surface area contributed by atoms with E-state index in [1.165, 1.54) is 6.42 Å². The van der Waals surface area contributed by atoms with Crippen LogP contribution in [0.3, 0.4) is 0 Å². The van der Waals surface area contributed by atoms with Gasteiger partial charge < -0.3 is 15.0 Å². The minimum absolute atomic E-state index is 0.120. The second-order valence-electron chi connectivity index (χ2n) is 6.48. The number of nitrogens with zero attached hydrogens (tertiary/aromatic N) is 1. The van der Waals surface area contributed by atoms with E-state index in [0.717, 1.165) is 13.1 Å². The Kier molecular flexibility index (Phi) is 6.02. The summed E-state index contributed by atoms with van der Waals surface area (Å²) in [6.07, 6.45) is 1.52. The molecule has 1 aliphatic heterocycles. The van der Waals surface area contributed by atoms with Crippen LogP contribution >= 0.6 is 0 Å². The van der Waals surface area contributed by atoms with Crippen molar-refractivity contribution in [2.24, 2.45) is 11.8 Å². The fraction of sp³-hybridized carbons (Fsp3) is 0.556. The van der Waals surface area contributed by atoms with Gasteiger partial charge in [0.05, 0.1) is 7.11 Å². The quantitative estimate of drug-likeness (QED) is 0.906. The summed E-state index contributed by atoms with van der Waals surface area (Å²) in [7, 11) is 1.57. The molecule has 1 aromatic rings. The van der Waals surface area contributed by atoms with Crippen LogP contribution in [0.2, 0.25) is 0 Å². The number of piperidine rings is 1. The van der Waals surface area contributed by atoms with E-state index in [-0.39, 0.29) is 11.8 Å². The molecule has 0 bridgehead atoms. The van der Waals surface area contributed by atoms with E-state index in [2.05, 4.69) is 19.2 Å². The van der Waals surface area contributed by atoms with Crippen LogP contribution in [-0.2, 0) is 4.79 Å². The van der Waals surface area contributed by atoms with E-state index in [0.29, 0.717) is 36.1 Å². The van der Waals surface area contributed by atoms with Gasteiger partial charge in [-0.2, -0.15) is 0 Å². The van der Waals surface area contributed by atoms with Gasteiger partial charge in [-0.05, 0) is 36.5 Å². The SMILES string of the molecule is COc1cccc(C(=O)NCCC(=O)N2CC(C)CC(C)C2)c1. The molecule has 1 fully saturated rings. The summed E-state index contributed by atoms with van der Waals surface area (Å²) < 4.78 is 5.11. The Bertz CT molecular complexity index is 549. The maximum atomic E-state index is 12.3. The van der Waals surface area contributed by atoms with Crippen LogP contribution in [-0.4, -0.2) is 43.5 Å². The molecule has 1 aliphatic rings. The summed E-state index contributed by atoms with van der Waals surface area (Å²) in [5.74, 6) is 1.68. The van der Waals surface area contributed by atoms with Crippen molar-refractivity contribution in [3.8, 4) is 5.75 Å². The lowest BCUT2D eigenvalue weighted by Gasteiger charge is -2.35. The average Bonchev–Trinajstić information content (AvgIpc) is 2.53. The average molecular weight is 318 g/mol. The van der Waals surface area contributed by atoms with Crippen LogP contribution in [0.1, 0.15) is 37.0 Å². The molecule has 5 heteroatoms. The van der Waals surface area contributed by atoms with E-state index in [9.17, 15) is 9.59 Å². The molecule has 1 N–H and O–H groups in total. The number of likely N-dealkylation sites (tertiary alicyclic amines) is 1. The highest BCUT2D eigenvalue weighted by Gasteiger charge is 2.24. The molecule has 0 radical (unpaired) electrons. The maximum absolute atomic E-state index is 12.3. The van der Waals surface area contributed by atoms with Crippen LogP contribution in [0.15, 0.2) is 24.3 Å². The van der Waals surface area contributed by atoms with E-state index in [1.807, 2.05) is 4.90 Å². The standard InChI is InChI=1S/C18H26N2O3/c1-13-9-14(2)12-20(11-13)17(21)7-8-19-18(22)15-5-4-6-16(10-15)23-3/h4-6,10,13-14H,7-9,11-12H2,1-3H3,(H,19,22). The number of rotatable bonds is 5. The molecule has 126 valence electrons. The smallest absolute Gasteiger partial charge is 0.251 e. The third-order valence-electron chi connectivity index (χ3n) is 4.18. The minimum Gasteiger partial charge on any atom is -0.497 e. The van der Waals surface area contributed by atoms with Crippen molar-refractivity contribution in [3.05, 3.63) is 29.8 Å². The topological polar surface area (TPSA) is 58.6 Å².